The number of hydrogen-bond acceptors (Lipinski definition) is 8. The summed E-state index contributed by atoms with van der Waals surface area (Å²) in [6, 6.07) is 0. The van der Waals surface area contributed by atoms with Gasteiger partial charge >= 0.3 is 0 Å². The molecule has 0 aliphatic heterocycles. The molecule has 0 aromatic rings. The maximum absolute atomic E-state index is 8.45. The van der Waals surface area contributed by atoms with E-state index < -0.39 is 8.07 Å². The van der Waals surface area contributed by atoms with Gasteiger partial charge in [0.25, 0.3) is 0 Å². The molecule has 3 N–H and O–H groups in total. The Balaban J connectivity index is 0. The quantitative estimate of drug-likeness (QED) is 0.184. The largest absolute Gasteiger partial charge is 0.394 e. The summed E-state index contributed by atoms with van der Waals surface area (Å²) in [5, 5.41) is 25.0. The van der Waals surface area contributed by atoms with Gasteiger partial charge in [-0.25, -0.2) is 0 Å². The normalized spacial score (nSPS) is 10.7. The van der Waals surface area contributed by atoms with Gasteiger partial charge in [0, 0.05) is 0 Å². The van der Waals surface area contributed by atoms with Crippen LogP contribution in [-0.2, 0) is 23.7 Å². The van der Waals surface area contributed by atoms with Gasteiger partial charge in [-0.05, 0) is 0 Å². The molecule has 0 heterocycles. The van der Waals surface area contributed by atoms with E-state index in [4.69, 9.17) is 39.0 Å². The lowest BCUT2D eigenvalue weighted by molar-refractivity contribution is 0.0123. The first-order valence-electron chi connectivity index (χ1n) is 9.19. The highest BCUT2D eigenvalue weighted by Crippen LogP contribution is 1.95. The molecule has 0 saturated heterocycles. The van der Waals surface area contributed by atoms with Crippen molar-refractivity contribution in [1.29, 1.82) is 0 Å². The highest BCUT2D eigenvalue weighted by Gasteiger charge is 2.06. The van der Waals surface area contributed by atoms with Gasteiger partial charge in [0.1, 0.15) is 14.7 Å². The summed E-state index contributed by atoms with van der Waals surface area (Å²) in [6.07, 6.45) is 0. The molecule has 0 aromatic heterocycles. The molecule has 0 unspecified atom stereocenters. The van der Waals surface area contributed by atoms with Crippen molar-refractivity contribution in [2.45, 2.75) is 19.6 Å². The fourth-order valence-corrected chi connectivity index (χ4v) is 1.98. The lowest BCUT2D eigenvalue weighted by Gasteiger charge is -2.05. The van der Waals surface area contributed by atoms with Crippen LogP contribution in [0.3, 0.4) is 0 Å². The van der Waals surface area contributed by atoms with E-state index in [9.17, 15) is 0 Å². The van der Waals surface area contributed by atoms with Gasteiger partial charge in [-0.15, -0.1) is 5.54 Å². The molecule has 0 amide bonds. The summed E-state index contributed by atoms with van der Waals surface area (Å²) in [5.74, 6) is 3.03. The standard InChI is InChI=1S/C12H24O4Si.C6H14O4/c1-17(2,3)12-4-6-14-8-10-16-11-9-15-7-5-13;7-1-3-9-5-6-10-4-2-8/h13H,5-11H2,1-3H3;7-8H,1-6H2. The van der Waals surface area contributed by atoms with Gasteiger partial charge in [0.05, 0.1) is 79.3 Å². The van der Waals surface area contributed by atoms with Crippen LogP contribution in [0, 0.1) is 11.5 Å². The van der Waals surface area contributed by atoms with Gasteiger partial charge in [0.15, 0.2) is 0 Å². The Hall–Kier alpha value is -0.543. The molecule has 9 heteroatoms. The molecule has 0 aliphatic rings. The predicted molar refractivity (Wildman–Crippen MR) is 106 cm³/mol. The second-order valence-electron chi connectivity index (χ2n) is 6.22. The van der Waals surface area contributed by atoms with Crippen LogP contribution < -0.4 is 0 Å². The topological polar surface area (TPSA) is 107 Å². The number of aliphatic hydroxyl groups is 3. The molecule has 162 valence electrons. The van der Waals surface area contributed by atoms with Crippen LogP contribution in [0.15, 0.2) is 0 Å². The molecular weight excluding hydrogens is 372 g/mol. The van der Waals surface area contributed by atoms with Crippen molar-refractivity contribution in [1.82, 2.24) is 0 Å². The Morgan fingerprint density at radius 3 is 1.22 bits per heavy atom. The molecule has 0 saturated carbocycles. The zero-order valence-electron chi connectivity index (χ0n) is 17.1. The van der Waals surface area contributed by atoms with Crippen LogP contribution in [0.4, 0.5) is 0 Å². The first-order valence-corrected chi connectivity index (χ1v) is 12.7. The van der Waals surface area contributed by atoms with Crippen molar-refractivity contribution in [2.75, 3.05) is 85.9 Å². The maximum atomic E-state index is 8.45. The molecule has 0 fully saturated rings. The van der Waals surface area contributed by atoms with Crippen molar-refractivity contribution >= 4 is 8.07 Å². The molecule has 0 spiro atoms. The van der Waals surface area contributed by atoms with Gasteiger partial charge < -0.3 is 39.0 Å². The molecular formula is C18H38O8Si. The maximum Gasteiger partial charge on any atom is 0.129 e. The Bertz CT molecular complexity index is 330. The molecule has 27 heavy (non-hydrogen) atoms. The third-order valence-corrected chi connectivity index (χ3v) is 3.39. The van der Waals surface area contributed by atoms with Crippen molar-refractivity contribution < 1.29 is 39.0 Å². The van der Waals surface area contributed by atoms with Crippen molar-refractivity contribution in [3.8, 4) is 11.5 Å². The number of ether oxygens (including phenoxy) is 5. The monoisotopic (exact) mass is 410 g/mol. The van der Waals surface area contributed by atoms with E-state index in [0.29, 0.717) is 66.1 Å². The predicted octanol–water partition coefficient (Wildman–Crippen LogP) is -0.0865. The summed E-state index contributed by atoms with van der Waals surface area (Å²) in [6.45, 7) is 11.4. The molecule has 0 bridgehead atoms. The van der Waals surface area contributed by atoms with Crippen LogP contribution in [-0.4, -0.2) is 109 Å². The highest BCUT2D eigenvalue weighted by molar-refractivity contribution is 6.83. The third kappa shape index (κ3) is 33.5. The van der Waals surface area contributed by atoms with E-state index in [1.54, 1.807) is 0 Å². The van der Waals surface area contributed by atoms with E-state index in [-0.39, 0.29) is 19.8 Å². The summed E-state index contributed by atoms with van der Waals surface area (Å²) >= 11 is 0. The summed E-state index contributed by atoms with van der Waals surface area (Å²) in [7, 11) is -1.26. The van der Waals surface area contributed by atoms with Gasteiger partial charge in [0.2, 0.25) is 0 Å². The van der Waals surface area contributed by atoms with Crippen LogP contribution in [0.1, 0.15) is 0 Å². The second-order valence-corrected chi connectivity index (χ2v) is 11.0. The Labute approximate surface area is 164 Å². The molecule has 0 atom stereocenters. The Morgan fingerprint density at radius 1 is 0.556 bits per heavy atom. The molecule has 0 aliphatic carbocycles. The minimum Gasteiger partial charge on any atom is -0.394 e. The van der Waals surface area contributed by atoms with Crippen molar-refractivity contribution in [3.05, 3.63) is 0 Å². The Morgan fingerprint density at radius 2 is 0.889 bits per heavy atom. The smallest absolute Gasteiger partial charge is 0.129 e. The minimum atomic E-state index is -1.26. The second kappa shape index (κ2) is 23.5. The number of aliphatic hydroxyl groups excluding tert-OH is 3. The fraction of sp³-hybridized carbons (Fsp3) is 0.889. The first kappa shape index (κ1) is 28.7. The van der Waals surface area contributed by atoms with Crippen LogP contribution in [0.25, 0.3) is 0 Å². The molecule has 8 nitrogen and oxygen atoms in total. The average Bonchev–Trinajstić information content (AvgIpc) is 2.62. The highest BCUT2D eigenvalue weighted by atomic mass is 28.3. The Kier molecular flexibility index (Phi) is 24.9. The molecule has 0 aromatic carbocycles. The summed E-state index contributed by atoms with van der Waals surface area (Å²) < 4.78 is 25.3. The van der Waals surface area contributed by atoms with Crippen molar-refractivity contribution in [2.24, 2.45) is 0 Å². The lowest BCUT2D eigenvalue weighted by atomic mass is 10.7. The summed E-state index contributed by atoms with van der Waals surface area (Å²) in [5.41, 5.74) is 3.23. The third-order valence-electron chi connectivity index (χ3n) is 2.46. The zero-order valence-corrected chi connectivity index (χ0v) is 18.1. The van der Waals surface area contributed by atoms with E-state index >= 15 is 0 Å². The molecule has 0 radical (unpaired) electrons. The van der Waals surface area contributed by atoms with E-state index in [0.717, 1.165) is 0 Å². The van der Waals surface area contributed by atoms with E-state index in [2.05, 4.69) is 31.1 Å². The molecule has 0 rings (SSSR count). The van der Waals surface area contributed by atoms with Crippen LogP contribution in [0.5, 0.6) is 0 Å². The van der Waals surface area contributed by atoms with E-state index in [1.807, 2.05) is 0 Å². The van der Waals surface area contributed by atoms with Crippen LogP contribution in [0.2, 0.25) is 19.6 Å². The SMILES string of the molecule is C[Si](C)(C)C#CCOCCOCCOCCO.OCCOCCOCCO. The van der Waals surface area contributed by atoms with Gasteiger partial charge in [-0.3, -0.25) is 0 Å². The van der Waals surface area contributed by atoms with Gasteiger partial charge in [-0.1, -0.05) is 25.6 Å². The average molecular weight is 411 g/mol. The number of rotatable bonds is 16. The minimum absolute atomic E-state index is 0.0417. The summed E-state index contributed by atoms with van der Waals surface area (Å²) in [4.78, 5) is 0. The lowest BCUT2D eigenvalue weighted by Crippen LogP contribution is -2.16. The fourth-order valence-electron chi connectivity index (χ4n) is 1.38. The van der Waals surface area contributed by atoms with Gasteiger partial charge in [-0.2, -0.15) is 0 Å². The number of hydrogen-bond donors (Lipinski definition) is 3. The first-order chi connectivity index (χ1) is 13.0. The van der Waals surface area contributed by atoms with Crippen molar-refractivity contribution in [3.63, 3.8) is 0 Å². The van der Waals surface area contributed by atoms with Crippen LogP contribution >= 0.6 is 0 Å². The zero-order chi connectivity index (χ0) is 20.6. The van der Waals surface area contributed by atoms with E-state index in [1.165, 1.54) is 0 Å².